The lowest BCUT2D eigenvalue weighted by Gasteiger charge is -2.24. The molecular weight excluding hydrogens is 247 g/mol. The molecule has 0 bridgehead atoms. The first-order valence-electron chi connectivity index (χ1n) is 4.89. The van der Waals surface area contributed by atoms with Crippen molar-refractivity contribution >= 4 is 29.1 Å². The molecule has 0 saturated carbocycles. The molecule has 88 valence electrons. The van der Waals surface area contributed by atoms with Gasteiger partial charge in [-0.25, -0.2) is 0 Å². The highest BCUT2D eigenvalue weighted by Gasteiger charge is 2.18. The minimum atomic E-state index is -0.176. The number of carbonyl (C=O) groups excluding carboxylic acids is 1. The summed E-state index contributed by atoms with van der Waals surface area (Å²) in [5.41, 5.74) is 5.90. The van der Waals surface area contributed by atoms with Gasteiger partial charge < -0.3 is 10.6 Å². The monoisotopic (exact) mass is 260 g/mol. The van der Waals surface area contributed by atoms with E-state index in [-0.39, 0.29) is 11.9 Å². The minimum Gasteiger partial charge on any atom is -0.338 e. The van der Waals surface area contributed by atoms with Gasteiger partial charge >= 0.3 is 0 Å². The summed E-state index contributed by atoms with van der Waals surface area (Å²) in [5.74, 6) is -0.176. The van der Waals surface area contributed by atoms with Gasteiger partial charge in [-0.1, -0.05) is 23.2 Å². The van der Waals surface area contributed by atoms with E-state index in [0.29, 0.717) is 22.2 Å². The van der Waals surface area contributed by atoms with Crippen molar-refractivity contribution in [2.24, 2.45) is 5.73 Å². The van der Waals surface area contributed by atoms with Crippen molar-refractivity contribution in [2.45, 2.75) is 13.0 Å². The van der Waals surface area contributed by atoms with Crippen LogP contribution in [-0.2, 0) is 0 Å². The first-order chi connectivity index (χ1) is 7.47. The van der Waals surface area contributed by atoms with Crippen LogP contribution >= 0.6 is 23.2 Å². The van der Waals surface area contributed by atoms with Crippen LogP contribution in [0, 0.1) is 0 Å². The van der Waals surface area contributed by atoms with E-state index in [4.69, 9.17) is 28.9 Å². The topological polar surface area (TPSA) is 46.3 Å². The van der Waals surface area contributed by atoms with Gasteiger partial charge in [0.2, 0.25) is 0 Å². The highest BCUT2D eigenvalue weighted by molar-refractivity contribution is 6.35. The standard InChI is InChI=1S/C11H14Cl2N2O/c1-7(6-14)15(2)11(16)9-5-8(12)3-4-10(9)13/h3-5,7H,6,14H2,1-2H3. The molecule has 0 radical (unpaired) electrons. The molecule has 1 atom stereocenters. The molecule has 0 aliphatic carbocycles. The molecule has 0 aliphatic rings. The Hall–Kier alpha value is -0.770. The van der Waals surface area contributed by atoms with E-state index < -0.39 is 0 Å². The van der Waals surface area contributed by atoms with E-state index in [2.05, 4.69) is 0 Å². The molecular formula is C11H14Cl2N2O. The van der Waals surface area contributed by atoms with E-state index >= 15 is 0 Å². The number of likely N-dealkylation sites (N-methyl/N-ethyl adjacent to an activating group) is 1. The van der Waals surface area contributed by atoms with E-state index in [1.807, 2.05) is 6.92 Å². The summed E-state index contributed by atoms with van der Waals surface area (Å²) in [6.45, 7) is 2.27. The lowest BCUT2D eigenvalue weighted by molar-refractivity contribution is 0.0748. The summed E-state index contributed by atoms with van der Waals surface area (Å²) in [7, 11) is 1.69. The molecule has 3 nitrogen and oxygen atoms in total. The van der Waals surface area contributed by atoms with Crippen LogP contribution in [0.25, 0.3) is 0 Å². The van der Waals surface area contributed by atoms with Crippen molar-refractivity contribution in [3.8, 4) is 0 Å². The Morgan fingerprint density at radius 2 is 2.12 bits per heavy atom. The van der Waals surface area contributed by atoms with Gasteiger partial charge in [0, 0.05) is 24.7 Å². The maximum absolute atomic E-state index is 12.0. The molecule has 0 aliphatic heterocycles. The van der Waals surface area contributed by atoms with Crippen molar-refractivity contribution < 1.29 is 4.79 Å². The number of hydrogen-bond acceptors (Lipinski definition) is 2. The van der Waals surface area contributed by atoms with Crippen LogP contribution in [0.1, 0.15) is 17.3 Å². The molecule has 0 spiro atoms. The largest absolute Gasteiger partial charge is 0.338 e. The fourth-order valence-corrected chi connectivity index (χ4v) is 1.58. The van der Waals surface area contributed by atoms with Crippen LogP contribution in [0.2, 0.25) is 10.0 Å². The summed E-state index contributed by atoms with van der Waals surface area (Å²) in [6.07, 6.45) is 0. The molecule has 1 aromatic carbocycles. The zero-order valence-electron chi connectivity index (χ0n) is 9.21. The summed E-state index contributed by atoms with van der Waals surface area (Å²) in [6, 6.07) is 4.78. The molecule has 0 saturated heterocycles. The predicted molar refractivity (Wildman–Crippen MR) is 67.1 cm³/mol. The Morgan fingerprint density at radius 1 is 1.50 bits per heavy atom. The lowest BCUT2D eigenvalue weighted by atomic mass is 10.1. The van der Waals surface area contributed by atoms with E-state index in [1.54, 1.807) is 30.1 Å². The number of halogens is 2. The molecule has 0 fully saturated rings. The van der Waals surface area contributed by atoms with Gasteiger partial charge in [0.25, 0.3) is 5.91 Å². The van der Waals surface area contributed by atoms with E-state index in [9.17, 15) is 4.79 Å². The molecule has 1 aromatic rings. The van der Waals surface area contributed by atoms with E-state index in [0.717, 1.165) is 0 Å². The fourth-order valence-electron chi connectivity index (χ4n) is 1.21. The summed E-state index contributed by atoms with van der Waals surface area (Å²) < 4.78 is 0. The zero-order chi connectivity index (χ0) is 12.3. The van der Waals surface area contributed by atoms with Crippen LogP contribution in [0.3, 0.4) is 0 Å². The second-order valence-corrected chi connectivity index (χ2v) is 4.47. The average Bonchev–Trinajstić information content (AvgIpc) is 2.29. The van der Waals surface area contributed by atoms with E-state index in [1.165, 1.54) is 0 Å². The maximum Gasteiger partial charge on any atom is 0.255 e. The highest BCUT2D eigenvalue weighted by atomic mass is 35.5. The molecule has 1 amide bonds. The minimum absolute atomic E-state index is 0.0393. The zero-order valence-corrected chi connectivity index (χ0v) is 10.7. The Labute approximate surface area is 105 Å². The SMILES string of the molecule is CC(CN)N(C)C(=O)c1cc(Cl)ccc1Cl. The summed E-state index contributed by atoms with van der Waals surface area (Å²) in [4.78, 5) is 13.6. The Bertz CT molecular complexity index is 396. The Balaban J connectivity index is 3.00. The van der Waals surface area contributed by atoms with Crippen molar-refractivity contribution in [1.82, 2.24) is 4.90 Å². The van der Waals surface area contributed by atoms with Crippen LogP contribution in [0.4, 0.5) is 0 Å². The molecule has 5 heteroatoms. The van der Waals surface area contributed by atoms with Crippen LogP contribution in [0.5, 0.6) is 0 Å². The van der Waals surface area contributed by atoms with Crippen molar-refractivity contribution in [3.63, 3.8) is 0 Å². The number of rotatable bonds is 3. The van der Waals surface area contributed by atoms with Crippen molar-refractivity contribution in [1.29, 1.82) is 0 Å². The second-order valence-electron chi connectivity index (χ2n) is 3.62. The number of nitrogens with zero attached hydrogens (tertiary/aromatic N) is 1. The third-order valence-corrected chi connectivity index (χ3v) is 3.05. The third-order valence-electron chi connectivity index (χ3n) is 2.48. The first-order valence-corrected chi connectivity index (χ1v) is 5.65. The van der Waals surface area contributed by atoms with Gasteiger partial charge in [-0.3, -0.25) is 4.79 Å². The number of amides is 1. The van der Waals surface area contributed by atoms with Gasteiger partial charge in [-0.05, 0) is 25.1 Å². The summed E-state index contributed by atoms with van der Waals surface area (Å²) >= 11 is 11.8. The third kappa shape index (κ3) is 2.88. The lowest BCUT2D eigenvalue weighted by Crippen LogP contribution is -2.39. The normalized spacial score (nSPS) is 12.3. The van der Waals surface area contributed by atoms with Crippen molar-refractivity contribution in [3.05, 3.63) is 33.8 Å². The first kappa shape index (κ1) is 13.3. The molecule has 0 aromatic heterocycles. The molecule has 2 N–H and O–H groups in total. The fraction of sp³-hybridized carbons (Fsp3) is 0.364. The maximum atomic E-state index is 12.0. The van der Waals surface area contributed by atoms with Gasteiger partial charge in [0.15, 0.2) is 0 Å². The predicted octanol–water partition coefficient (Wildman–Crippen LogP) is 2.41. The smallest absolute Gasteiger partial charge is 0.255 e. The van der Waals surface area contributed by atoms with Gasteiger partial charge in [-0.15, -0.1) is 0 Å². The highest BCUT2D eigenvalue weighted by Crippen LogP contribution is 2.22. The number of benzene rings is 1. The number of nitrogens with two attached hydrogens (primary N) is 1. The average molecular weight is 261 g/mol. The summed E-state index contributed by atoms with van der Waals surface area (Å²) in [5, 5.41) is 0.882. The van der Waals surface area contributed by atoms with Crippen LogP contribution in [0.15, 0.2) is 18.2 Å². The van der Waals surface area contributed by atoms with Crippen molar-refractivity contribution in [2.75, 3.05) is 13.6 Å². The molecule has 1 unspecified atom stereocenters. The van der Waals surface area contributed by atoms with Gasteiger partial charge in [0.05, 0.1) is 10.6 Å². The Kier molecular flexibility index (Phi) is 4.59. The van der Waals surface area contributed by atoms with Crippen LogP contribution in [-0.4, -0.2) is 30.4 Å². The van der Waals surface area contributed by atoms with Gasteiger partial charge in [-0.2, -0.15) is 0 Å². The molecule has 16 heavy (non-hydrogen) atoms. The van der Waals surface area contributed by atoms with Crippen LogP contribution < -0.4 is 5.73 Å². The Morgan fingerprint density at radius 3 is 2.69 bits per heavy atom. The molecule has 0 heterocycles. The number of hydrogen-bond donors (Lipinski definition) is 1. The molecule has 1 rings (SSSR count). The van der Waals surface area contributed by atoms with Gasteiger partial charge in [0.1, 0.15) is 0 Å². The number of carbonyl (C=O) groups is 1. The quantitative estimate of drug-likeness (QED) is 0.908. The second kappa shape index (κ2) is 5.53.